The number of ether oxygens (including phenoxy) is 10. The molecular formula is C42H56N2O12. The van der Waals surface area contributed by atoms with Crippen LogP contribution in [0.15, 0.2) is 60.7 Å². The summed E-state index contributed by atoms with van der Waals surface area (Å²) < 4.78 is 58.2. The first kappa shape index (κ1) is 42.7. The van der Waals surface area contributed by atoms with E-state index in [0.717, 1.165) is 11.1 Å². The lowest BCUT2D eigenvalue weighted by Crippen LogP contribution is -2.27. The summed E-state index contributed by atoms with van der Waals surface area (Å²) in [5.74, 6) is 2.15. The third-order valence-electron chi connectivity index (χ3n) is 8.60. The smallest absolute Gasteiger partial charge is 0.251 e. The van der Waals surface area contributed by atoms with Crippen LogP contribution < -0.4 is 29.6 Å². The molecule has 3 aromatic rings. The van der Waals surface area contributed by atoms with Crippen LogP contribution in [0, 0.1) is 0 Å². The van der Waals surface area contributed by atoms with Crippen LogP contribution in [0.2, 0.25) is 0 Å². The van der Waals surface area contributed by atoms with E-state index in [1.54, 1.807) is 24.3 Å². The van der Waals surface area contributed by atoms with Crippen LogP contribution in [0.25, 0.3) is 0 Å². The van der Waals surface area contributed by atoms with Crippen LogP contribution in [-0.2, 0) is 41.3 Å². The van der Waals surface area contributed by atoms with Crippen LogP contribution >= 0.6 is 0 Å². The van der Waals surface area contributed by atoms with Crippen molar-refractivity contribution < 1.29 is 57.0 Å². The summed E-state index contributed by atoms with van der Waals surface area (Å²) in [5, 5.41) is 5.96. The van der Waals surface area contributed by atoms with Crippen molar-refractivity contribution >= 4 is 11.8 Å². The summed E-state index contributed by atoms with van der Waals surface area (Å²) in [4.78, 5) is 26.1. The maximum Gasteiger partial charge on any atom is 0.251 e. The number of aryl methyl sites for hydroxylation is 2. The number of amides is 2. The van der Waals surface area contributed by atoms with Crippen molar-refractivity contribution in [1.82, 2.24) is 10.6 Å². The van der Waals surface area contributed by atoms with Crippen molar-refractivity contribution in [2.24, 2.45) is 0 Å². The Morgan fingerprint density at radius 1 is 0.375 bits per heavy atom. The van der Waals surface area contributed by atoms with Gasteiger partial charge in [0.2, 0.25) is 0 Å². The van der Waals surface area contributed by atoms with Gasteiger partial charge in [0.15, 0.2) is 0 Å². The van der Waals surface area contributed by atoms with Gasteiger partial charge in [-0.25, -0.2) is 0 Å². The molecule has 0 atom stereocenters. The second-order valence-corrected chi connectivity index (χ2v) is 13.0. The zero-order valence-electron chi connectivity index (χ0n) is 32.2. The topological polar surface area (TPSA) is 151 Å². The third kappa shape index (κ3) is 16.7. The molecule has 0 aromatic heterocycles. The Hall–Kier alpha value is -4.44. The Bertz CT molecular complexity index is 1430. The van der Waals surface area contributed by atoms with Gasteiger partial charge in [0.1, 0.15) is 49.4 Å². The van der Waals surface area contributed by atoms with E-state index in [-0.39, 0.29) is 11.8 Å². The fourth-order valence-corrected chi connectivity index (χ4v) is 5.84. The van der Waals surface area contributed by atoms with E-state index in [2.05, 4.69) is 10.6 Å². The van der Waals surface area contributed by atoms with Crippen molar-refractivity contribution in [1.29, 1.82) is 0 Å². The molecule has 0 saturated carbocycles. The molecule has 3 aliphatic heterocycles. The number of carbonyl (C=O) groups is 2. The molecule has 3 aromatic carbocycles. The van der Waals surface area contributed by atoms with Crippen LogP contribution in [0.3, 0.4) is 0 Å². The number of hydrogen-bond acceptors (Lipinski definition) is 12. The number of carbonyl (C=O) groups excluding carboxylic acids is 2. The molecule has 0 fully saturated rings. The average molecular weight is 781 g/mol. The van der Waals surface area contributed by atoms with E-state index in [1.165, 1.54) is 0 Å². The van der Waals surface area contributed by atoms with Gasteiger partial charge in [0, 0.05) is 36.3 Å². The van der Waals surface area contributed by atoms with Crippen LogP contribution in [-0.4, -0.2) is 131 Å². The van der Waals surface area contributed by atoms with Crippen LogP contribution in [0.5, 0.6) is 23.0 Å². The molecule has 0 saturated heterocycles. The molecule has 0 radical (unpaired) electrons. The maximum absolute atomic E-state index is 13.1. The van der Waals surface area contributed by atoms with Gasteiger partial charge in [-0.1, -0.05) is 6.07 Å². The number of rotatable bonds is 0. The molecule has 0 aliphatic carbocycles. The van der Waals surface area contributed by atoms with E-state index in [0.29, 0.717) is 179 Å². The predicted octanol–water partition coefficient (Wildman–Crippen LogP) is 4.05. The van der Waals surface area contributed by atoms with Gasteiger partial charge >= 0.3 is 0 Å². The lowest BCUT2D eigenvalue weighted by atomic mass is 10.1. The van der Waals surface area contributed by atoms with E-state index in [9.17, 15) is 9.59 Å². The molecule has 8 bridgehead atoms. The minimum Gasteiger partial charge on any atom is -0.491 e. The van der Waals surface area contributed by atoms with Gasteiger partial charge in [-0.05, 0) is 79.3 Å². The standard InChI is InChI=1S/C42H56N2O12/c45-41-35-6-1-7-36(30-35)42(46)44-9-3-5-34-28-39-32-40(29-34)56-25-21-52-17-13-48-11-15-50-19-23-54-38-27-33(4-2-8-43-41)26-37(31-38)53-22-18-49-14-10-47-12-16-51-20-24-55-39/h1,6-7,26-32H,2-5,8-25H2,(H,43,45)(H,44,46). The fourth-order valence-electron chi connectivity index (χ4n) is 5.84. The Labute approximate surface area is 329 Å². The molecule has 6 rings (SSSR count). The van der Waals surface area contributed by atoms with Gasteiger partial charge in [-0.15, -0.1) is 0 Å². The molecule has 3 heterocycles. The zero-order valence-corrected chi connectivity index (χ0v) is 32.2. The molecule has 14 nitrogen and oxygen atoms in total. The largest absolute Gasteiger partial charge is 0.491 e. The van der Waals surface area contributed by atoms with Crippen molar-refractivity contribution in [3.05, 3.63) is 82.9 Å². The van der Waals surface area contributed by atoms with Gasteiger partial charge < -0.3 is 58.0 Å². The lowest BCUT2D eigenvalue weighted by molar-refractivity contribution is 0.00433. The summed E-state index contributed by atoms with van der Waals surface area (Å²) in [6.07, 6.45) is 2.72. The average Bonchev–Trinajstić information content (AvgIpc) is 3.21. The zero-order chi connectivity index (χ0) is 38.9. The highest BCUT2D eigenvalue weighted by Crippen LogP contribution is 2.25. The number of benzene rings is 3. The van der Waals surface area contributed by atoms with Crippen LogP contribution in [0.4, 0.5) is 0 Å². The van der Waals surface area contributed by atoms with Crippen molar-refractivity contribution in [3.8, 4) is 23.0 Å². The molecular weight excluding hydrogens is 724 g/mol. The monoisotopic (exact) mass is 780 g/mol. The molecule has 2 N–H and O–H groups in total. The second-order valence-electron chi connectivity index (χ2n) is 13.0. The highest BCUT2D eigenvalue weighted by Gasteiger charge is 2.12. The summed E-state index contributed by atoms with van der Waals surface area (Å²) in [6, 6.07) is 18.3. The number of fused-ring (bicyclic) bond motifs is 32. The van der Waals surface area contributed by atoms with E-state index >= 15 is 0 Å². The number of hydrogen-bond donors (Lipinski definition) is 2. The Morgan fingerprint density at radius 2 is 0.679 bits per heavy atom. The van der Waals surface area contributed by atoms with Gasteiger partial charge in [0.05, 0.1) is 79.3 Å². The normalized spacial score (nSPS) is 19.1. The quantitative estimate of drug-likeness (QED) is 0.317. The minimum atomic E-state index is -0.244. The minimum absolute atomic E-state index is 0.244. The molecule has 0 spiro atoms. The fraction of sp³-hybridized carbons (Fsp3) is 0.524. The Morgan fingerprint density at radius 3 is 1.00 bits per heavy atom. The highest BCUT2D eigenvalue weighted by atomic mass is 16.6. The molecule has 14 heteroatoms. The summed E-state index contributed by atoms with van der Waals surface area (Å²) >= 11 is 0. The van der Waals surface area contributed by atoms with Crippen molar-refractivity contribution in [2.75, 3.05) is 119 Å². The van der Waals surface area contributed by atoms with E-state index in [4.69, 9.17) is 47.4 Å². The summed E-state index contributed by atoms with van der Waals surface area (Å²) in [6.45, 7) is 7.34. The van der Waals surface area contributed by atoms with Crippen molar-refractivity contribution in [2.45, 2.75) is 25.7 Å². The molecule has 3 aliphatic rings. The summed E-state index contributed by atoms with van der Waals surface area (Å²) in [5.41, 5.74) is 2.84. The van der Waals surface area contributed by atoms with Crippen molar-refractivity contribution in [3.63, 3.8) is 0 Å². The van der Waals surface area contributed by atoms with E-state index < -0.39 is 0 Å². The highest BCUT2D eigenvalue weighted by molar-refractivity contribution is 5.99. The molecule has 0 unspecified atom stereocenters. The predicted molar refractivity (Wildman–Crippen MR) is 208 cm³/mol. The Balaban J connectivity index is 1.28. The third-order valence-corrected chi connectivity index (χ3v) is 8.60. The molecule has 56 heavy (non-hydrogen) atoms. The Kier molecular flexibility index (Phi) is 19.6. The van der Waals surface area contributed by atoms with Gasteiger partial charge in [0.25, 0.3) is 11.8 Å². The first-order valence-corrected chi connectivity index (χ1v) is 19.5. The van der Waals surface area contributed by atoms with Gasteiger partial charge in [-0.3, -0.25) is 9.59 Å². The summed E-state index contributed by atoms with van der Waals surface area (Å²) in [7, 11) is 0. The van der Waals surface area contributed by atoms with Crippen LogP contribution in [0.1, 0.15) is 44.7 Å². The first-order valence-electron chi connectivity index (χ1n) is 19.5. The first-order chi connectivity index (χ1) is 27.6. The number of nitrogens with one attached hydrogen (secondary N) is 2. The van der Waals surface area contributed by atoms with Gasteiger partial charge in [-0.2, -0.15) is 0 Å². The van der Waals surface area contributed by atoms with E-state index in [1.807, 2.05) is 36.4 Å². The SMILES string of the molecule is O=C1NCCCc2cc3cc(c2)OCCOCCOCCOCCOc2cc(cc(c2)OCCOCCOCCOCCO3)CCCNC(=O)c2cccc1c2. The maximum atomic E-state index is 13.1. The molecule has 306 valence electrons. The lowest BCUT2D eigenvalue weighted by Gasteiger charge is -2.14. The second kappa shape index (κ2) is 25.7. The molecule has 2 amide bonds.